The Morgan fingerprint density at radius 1 is 1.25 bits per heavy atom. The highest BCUT2D eigenvalue weighted by molar-refractivity contribution is 8.18. The number of imide groups is 1. The number of anilines is 2. The number of rotatable bonds is 6. The van der Waals surface area contributed by atoms with Gasteiger partial charge in [-0.1, -0.05) is 32.0 Å². The zero-order chi connectivity index (χ0) is 26.2. The predicted molar refractivity (Wildman–Crippen MR) is 144 cm³/mol. The van der Waals surface area contributed by atoms with Crippen molar-refractivity contribution in [3.8, 4) is 0 Å². The molecule has 0 aromatic heterocycles. The van der Waals surface area contributed by atoms with Crippen LogP contribution in [-0.4, -0.2) is 40.6 Å². The van der Waals surface area contributed by atoms with Crippen molar-refractivity contribution in [3.05, 3.63) is 63.8 Å². The van der Waals surface area contributed by atoms with Crippen LogP contribution in [0.15, 0.2) is 41.3 Å². The molecule has 0 saturated carbocycles. The fraction of sp³-hybridized carbons (Fsp3) is 0.393. The van der Waals surface area contributed by atoms with E-state index in [4.69, 9.17) is 0 Å². The molecular formula is C28H32FN3O3S. The number of para-hydroxylation sites is 1. The van der Waals surface area contributed by atoms with Crippen LogP contribution in [0.4, 0.5) is 20.6 Å². The second-order valence-electron chi connectivity index (χ2n) is 10.1. The normalized spacial score (nSPS) is 20.2. The minimum Gasteiger partial charge on any atom is -0.366 e. The van der Waals surface area contributed by atoms with Gasteiger partial charge in [0.15, 0.2) is 0 Å². The molecule has 1 unspecified atom stereocenters. The number of thioether (sulfide) groups is 1. The number of hydrogen-bond donors (Lipinski definition) is 1. The molecule has 1 atom stereocenters. The molecule has 1 N–H and O–H groups in total. The first-order valence-electron chi connectivity index (χ1n) is 12.2. The largest absolute Gasteiger partial charge is 0.366 e. The Bertz CT molecular complexity index is 1260. The van der Waals surface area contributed by atoms with Gasteiger partial charge in [0, 0.05) is 29.0 Å². The molecule has 1 fully saturated rings. The number of aryl methyl sites for hydroxylation is 1. The third-order valence-electron chi connectivity index (χ3n) is 6.83. The number of nitrogens with one attached hydrogen (secondary N) is 1. The highest BCUT2D eigenvalue weighted by Gasteiger charge is 2.38. The Balaban J connectivity index is 1.57. The Morgan fingerprint density at radius 3 is 2.67 bits per heavy atom. The number of carbonyl (C=O) groups excluding carboxylic acids is 3. The van der Waals surface area contributed by atoms with Crippen LogP contribution in [0.5, 0.6) is 0 Å². The van der Waals surface area contributed by atoms with Gasteiger partial charge in [0.05, 0.1) is 4.91 Å². The van der Waals surface area contributed by atoms with E-state index in [1.54, 1.807) is 24.3 Å². The summed E-state index contributed by atoms with van der Waals surface area (Å²) in [7, 11) is 0. The smallest absolute Gasteiger partial charge is 0.294 e. The monoisotopic (exact) mass is 509 g/mol. The minimum absolute atomic E-state index is 0.0854. The van der Waals surface area contributed by atoms with Gasteiger partial charge in [-0.15, -0.1) is 0 Å². The zero-order valence-corrected chi connectivity index (χ0v) is 22.2. The highest BCUT2D eigenvalue weighted by atomic mass is 32.2. The van der Waals surface area contributed by atoms with E-state index in [0.717, 1.165) is 52.9 Å². The number of carbonyl (C=O) groups is 3. The summed E-state index contributed by atoms with van der Waals surface area (Å²) in [5, 5.41) is 2.19. The van der Waals surface area contributed by atoms with Crippen molar-refractivity contribution in [1.29, 1.82) is 0 Å². The zero-order valence-electron chi connectivity index (χ0n) is 21.4. The quantitative estimate of drug-likeness (QED) is 0.462. The lowest BCUT2D eigenvalue weighted by molar-refractivity contribution is -0.127. The summed E-state index contributed by atoms with van der Waals surface area (Å²) in [5.74, 6) is -1.29. The number of halogens is 1. The summed E-state index contributed by atoms with van der Waals surface area (Å²) < 4.78 is 15.3. The van der Waals surface area contributed by atoms with Crippen molar-refractivity contribution in [2.45, 2.75) is 58.9 Å². The van der Waals surface area contributed by atoms with Gasteiger partial charge < -0.3 is 10.2 Å². The number of amides is 3. The van der Waals surface area contributed by atoms with Crippen molar-refractivity contribution >= 4 is 46.3 Å². The van der Waals surface area contributed by atoms with E-state index in [1.165, 1.54) is 6.08 Å². The third kappa shape index (κ3) is 5.05. The van der Waals surface area contributed by atoms with Crippen molar-refractivity contribution in [3.63, 3.8) is 0 Å². The lowest BCUT2D eigenvalue weighted by Gasteiger charge is -2.47. The summed E-state index contributed by atoms with van der Waals surface area (Å²) >= 11 is 0.725. The predicted octanol–water partition coefficient (Wildman–Crippen LogP) is 6.31. The maximum absolute atomic E-state index is 15.3. The first-order chi connectivity index (χ1) is 17.0. The fourth-order valence-electron chi connectivity index (χ4n) is 5.10. The topological polar surface area (TPSA) is 69.7 Å². The molecule has 3 amide bonds. The molecule has 6 nitrogen and oxygen atoms in total. The van der Waals surface area contributed by atoms with Crippen LogP contribution in [0.3, 0.4) is 0 Å². The Kier molecular flexibility index (Phi) is 7.27. The molecule has 2 aromatic carbocycles. The van der Waals surface area contributed by atoms with Crippen LogP contribution in [0, 0.1) is 12.7 Å². The van der Waals surface area contributed by atoms with E-state index < -0.39 is 29.4 Å². The van der Waals surface area contributed by atoms with E-state index in [-0.39, 0.29) is 21.9 Å². The lowest BCUT2D eigenvalue weighted by atomic mass is 9.79. The minimum atomic E-state index is -0.594. The van der Waals surface area contributed by atoms with Crippen molar-refractivity contribution in [1.82, 2.24) is 4.90 Å². The SMILES string of the molecule is CCCN1c2cc(F)c(/C=C3/SC(=O)N(CC(=O)Nc4ccccc4C)C3=O)cc2C(C)CC1(C)C. The number of nitrogens with zero attached hydrogens (tertiary/aromatic N) is 2. The second-order valence-corrected chi connectivity index (χ2v) is 11.1. The summed E-state index contributed by atoms with van der Waals surface area (Å²) in [6.07, 6.45) is 3.30. The summed E-state index contributed by atoms with van der Waals surface area (Å²) in [6.45, 7) is 10.9. The van der Waals surface area contributed by atoms with E-state index in [9.17, 15) is 14.4 Å². The van der Waals surface area contributed by atoms with Crippen LogP contribution >= 0.6 is 11.8 Å². The maximum Gasteiger partial charge on any atom is 0.294 e. The molecule has 0 spiro atoms. The van der Waals surface area contributed by atoms with Gasteiger partial charge in [-0.2, -0.15) is 0 Å². The van der Waals surface area contributed by atoms with Gasteiger partial charge in [0.25, 0.3) is 11.1 Å². The summed E-state index contributed by atoms with van der Waals surface area (Å²) in [4.78, 5) is 41.3. The molecule has 0 aliphatic carbocycles. The molecule has 0 radical (unpaired) electrons. The van der Waals surface area contributed by atoms with Gasteiger partial charge >= 0.3 is 0 Å². The standard InChI is InChI=1S/C28H32FN3O3S/c1-6-11-32-23-14-21(29)19(12-20(23)18(3)15-28(32,4)5)13-24-26(34)31(27(35)36-24)16-25(33)30-22-10-8-7-9-17(22)2/h7-10,12-14,18H,6,11,15-16H2,1-5H3,(H,30,33)/b24-13+. The summed E-state index contributed by atoms with van der Waals surface area (Å²) in [5.41, 5.74) is 3.60. The number of benzene rings is 2. The van der Waals surface area contributed by atoms with Crippen molar-refractivity contribution in [2.75, 3.05) is 23.3 Å². The van der Waals surface area contributed by atoms with Crippen LogP contribution in [-0.2, 0) is 9.59 Å². The van der Waals surface area contributed by atoms with Crippen LogP contribution in [0.25, 0.3) is 6.08 Å². The Labute approximate surface area is 215 Å². The molecule has 4 rings (SSSR count). The fourth-order valence-corrected chi connectivity index (χ4v) is 5.93. The molecular weight excluding hydrogens is 477 g/mol. The Hall–Kier alpha value is -3.13. The van der Waals surface area contributed by atoms with E-state index in [2.05, 4.69) is 37.9 Å². The molecule has 36 heavy (non-hydrogen) atoms. The van der Waals surface area contributed by atoms with Gasteiger partial charge in [-0.3, -0.25) is 19.3 Å². The van der Waals surface area contributed by atoms with Gasteiger partial charge in [0.1, 0.15) is 12.4 Å². The van der Waals surface area contributed by atoms with Crippen LogP contribution in [0.2, 0.25) is 0 Å². The highest BCUT2D eigenvalue weighted by Crippen LogP contribution is 2.45. The number of fused-ring (bicyclic) bond motifs is 1. The Morgan fingerprint density at radius 2 is 1.97 bits per heavy atom. The van der Waals surface area contributed by atoms with Gasteiger partial charge in [-0.05, 0) is 86.7 Å². The molecule has 2 aromatic rings. The summed E-state index contributed by atoms with van der Waals surface area (Å²) in [6, 6.07) is 10.6. The molecule has 190 valence electrons. The van der Waals surface area contributed by atoms with E-state index in [0.29, 0.717) is 5.69 Å². The average molecular weight is 510 g/mol. The molecule has 2 heterocycles. The number of hydrogen-bond acceptors (Lipinski definition) is 5. The molecule has 2 aliphatic heterocycles. The molecule has 2 aliphatic rings. The van der Waals surface area contributed by atoms with Crippen LogP contribution < -0.4 is 10.2 Å². The van der Waals surface area contributed by atoms with E-state index in [1.807, 2.05) is 19.1 Å². The van der Waals surface area contributed by atoms with Gasteiger partial charge in [-0.25, -0.2) is 4.39 Å². The molecule has 0 bridgehead atoms. The van der Waals surface area contributed by atoms with Crippen molar-refractivity contribution in [2.24, 2.45) is 0 Å². The third-order valence-corrected chi connectivity index (χ3v) is 7.74. The maximum atomic E-state index is 15.3. The van der Waals surface area contributed by atoms with Gasteiger partial charge in [0.2, 0.25) is 5.91 Å². The van der Waals surface area contributed by atoms with Crippen molar-refractivity contribution < 1.29 is 18.8 Å². The van der Waals surface area contributed by atoms with Crippen LogP contribution in [0.1, 0.15) is 63.1 Å². The molecule has 8 heteroatoms. The first-order valence-corrected chi connectivity index (χ1v) is 13.1. The molecule has 1 saturated heterocycles. The van der Waals surface area contributed by atoms with E-state index >= 15 is 4.39 Å². The lowest BCUT2D eigenvalue weighted by Crippen LogP contribution is -2.48. The average Bonchev–Trinajstić information content (AvgIpc) is 3.06. The first kappa shape index (κ1) is 25.9. The second kappa shape index (κ2) is 10.1.